The lowest BCUT2D eigenvalue weighted by Gasteiger charge is -2.03. The van der Waals surface area contributed by atoms with Crippen molar-refractivity contribution in [2.24, 2.45) is 4.99 Å². The molecule has 7 nitrogen and oxygen atoms in total. The third kappa shape index (κ3) is 2.98. The first kappa shape index (κ1) is 16.0. The molecule has 1 amide bonds. The molecule has 1 aromatic carbocycles. The Morgan fingerprint density at radius 1 is 1.30 bits per heavy atom. The zero-order valence-electron chi connectivity index (χ0n) is 11.5. The van der Waals surface area contributed by atoms with Crippen molar-refractivity contribution in [1.29, 1.82) is 0 Å². The number of hydrogen-bond donors (Lipinski definition) is 2. The topological polar surface area (TPSA) is 109 Å². The van der Waals surface area contributed by atoms with E-state index in [0.29, 0.717) is 10.6 Å². The maximum Gasteiger partial charge on any atom is 0.279 e. The Morgan fingerprint density at radius 3 is 2.70 bits per heavy atom. The molecule has 0 radical (unpaired) electrons. The van der Waals surface area contributed by atoms with E-state index in [1.165, 1.54) is 4.57 Å². The summed E-state index contributed by atoms with van der Waals surface area (Å²) < 4.78 is 31.9. The van der Waals surface area contributed by atoms with Gasteiger partial charge >= 0.3 is 0 Å². The molecule has 0 unspecified atom stereocenters. The van der Waals surface area contributed by atoms with Crippen LogP contribution in [0.3, 0.4) is 0 Å². The van der Waals surface area contributed by atoms with Crippen molar-refractivity contribution >= 4 is 45.2 Å². The lowest BCUT2D eigenvalue weighted by atomic mass is 10.1. The maximum atomic E-state index is 12.1. The summed E-state index contributed by atoms with van der Waals surface area (Å²) in [6.45, 7) is -0.208. The SMILES string of the molecule is O=C1N=c2ccccc2=C1c1sc(=S)n(CCS(=O)(=O)O)c1O. The number of rotatable bonds is 4. The van der Waals surface area contributed by atoms with E-state index in [1.807, 2.05) is 0 Å². The minimum absolute atomic E-state index is 0.200. The van der Waals surface area contributed by atoms with Crippen LogP contribution in [0.1, 0.15) is 4.88 Å². The lowest BCUT2D eigenvalue weighted by molar-refractivity contribution is -0.112. The predicted octanol–water partition coefficient (Wildman–Crippen LogP) is 0.231. The number of thiazole rings is 1. The standard InChI is InChI=1S/C13H10N2O5S3/c16-11-9(7-3-1-2-4-8(7)14-11)10-12(17)15(13(21)22-10)5-6-23(18,19)20/h1-4,17H,5-6H2,(H,18,19,20). The molecule has 0 spiro atoms. The molecule has 0 saturated heterocycles. The van der Waals surface area contributed by atoms with Crippen molar-refractivity contribution in [2.75, 3.05) is 5.75 Å². The highest BCUT2D eigenvalue weighted by atomic mass is 32.2. The molecule has 1 aromatic heterocycles. The molecule has 0 atom stereocenters. The third-order valence-corrected chi connectivity index (χ3v) is 5.43. The molecule has 0 fully saturated rings. The molecular weight excluding hydrogens is 360 g/mol. The molecule has 23 heavy (non-hydrogen) atoms. The van der Waals surface area contributed by atoms with Crippen molar-refractivity contribution in [2.45, 2.75) is 6.54 Å². The Labute approximate surface area is 139 Å². The second-order valence-electron chi connectivity index (χ2n) is 4.77. The Bertz CT molecular complexity index is 1100. The van der Waals surface area contributed by atoms with Gasteiger partial charge in [-0.15, -0.1) is 11.3 Å². The van der Waals surface area contributed by atoms with E-state index in [9.17, 15) is 18.3 Å². The highest BCUT2D eigenvalue weighted by Crippen LogP contribution is 2.32. The number of carbonyl (C=O) groups is 1. The molecule has 120 valence electrons. The first-order valence-electron chi connectivity index (χ1n) is 6.38. The van der Waals surface area contributed by atoms with Gasteiger partial charge in [-0.25, -0.2) is 4.99 Å². The van der Waals surface area contributed by atoms with Crippen LogP contribution in [0.15, 0.2) is 29.3 Å². The van der Waals surface area contributed by atoms with Crippen LogP contribution in [0.25, 0.3) is 5.57 Å². The molecule has 0 saturated carbocycles. The summed E-state index contributed by atoms with van der Waals surface area (Å²) in [5.74, 6) is -1.38. The normalized spacial score (nSPS) is 14.0. The van der Waals surface area contributed by atoms with Gasteiger partial charge in [0.1, 0.15) is 4.88 Å². The number of aromatic nitrogens is 1. The van der Waals surface area contributed by atoms with Crippen molar-refractivity contribution < 1.29 is 22.9 Å². The number of hydrogen-bond acceptors (Lipinski definition) is 6. The van der Waals surface area contributed by atoms with Gasteiger partial charge in [0.05, 0.1) is 16.7 Å². The fourth-order valence-corrected chi connectivity index (χ4v) is 4.05. The minimum Gasteiger partial charge on any atom is -0.493 e. The quantitative estimate of drug-likeness (QED) is 0.589. The van der Waals surface area contributed by atoms with E-state index in [-0.39, 0.29) is 26.8 Å². The summed E-state index contributed by atoms with van der Waals surface area (Å²) in [7, 11) is -4.19. The Hall–Kier alpha value is -1.88. The summed E-state index contributed by atoms with van der Waals surface area (Å²) in [5, 5.41) is 11.4. The second kappa shape index (κ2) is 5.64. The molecule has 1 aliphatic rings. The number of para-hydroxylation sites is 1. The molecular formula is C13H10N2O5S3. The van der Waals surface area contributed by atoms with E-state index in [4.69, 9.17) is 16.8 Å². The Balaban J connectivity index is 2.16. The van der Waals surface area contributed by atoms with Gasteiger partial charge in [-0.05, 0) is 18.3 Å². The molecule has 3 rings (SSSR count). The van der Waals surface area contributed by atoms with Crippen LogP contribution in [0.4, 0.5) is 0 Å². The monoisotopic (exact) mass is 370 g/mol. The molecule has 2 heterocycles. The van der Waals surface area contributed by atoms with Gasteiger partial charge in [0.2, 0.25) is 5.88 Å². The maximum absolute atomic E-state index is 12.1. The molecule has 10 heteroatoms. The van der Waals surface area contributed by atoms with Crippen LogP contribution in [-0.4, -0.2) is 34.3 Å². The van der Waals surface area contributed by atoms with Crippen LogP contribution in [0.2, 0.25) is 0 Å². The van der Waals surface area contributed by atoms with Crippen molar-refractivity contribution in [3.8, 4) is 5.88 Å². The summed E-state index contributed by atoms with van der Waals surface area (Å²) in [5.41, 5.74) is 0.236. The summed E-state index contributed by atoms with van der Waals surface area (Å²) in [6.07, 6.45) is 0. The number of benzene rings is 1. The van der Waals surface area contributed by atoms with Crippen LogP contribution < -0.4 is 10.6 Å². The summed E-state index contributed by atoms with van der Waals surface area (Å²) >= 11 is 6.10. The average molecular weight is 370 g/mol. The number of nitrogens with zero attached hydrogens (tertiary/aromatic N) is 2. The first-order chi connectivity index (χ1) is 10.8. The van der Waals surface area contributed by atoms with Gasteiger partial charge in [0, 0.05) is 11.8 Å². The predicted molar refractivity (Wildman–Crippen MR) is 86.0 cm³/mol. The zero-order chi connectivity index (χ0) is 16.8. The molecule has 0 aliphatic carbocycles. The number of amides is 1. The smallest absolute Gasteiger partial charge is 0.279 e. The van der Waals surface area contributed by atoms with Gasteiger partial charge < -0.3 is 5.11 Å². The van der Waals surface area contributed by atoms with E-state index in [0.717, 1.165) is 11.3 Å². The van der Waals surface area contributed by atoms with Crippen LogP contribution >= 0.6 is 23.6 Å². The zero-order valence-corrected chi connectivity index (χ0v) is 13.9. The van der Waals surface area contributed by atoms with Gasteiger partial charge in [-0.1, -0.05) is 18.2 Å². The Kier molecular flexibility index (Phi) is 3.92. The van der Waals surface area contributed by atoms with Crippen molar-refractivity contribution in [1.82, 2.24) is 4.57 Å². The van der Waals surface area contributed by atoms with Crippen molar-refractivity contribution in [3.63, 3.8) is 0 Å². The molecule has 2 aromatic rings. The minimum atomic E-state index is -4.19. The largest absolute Gasteiger partial charge is 0.493 e. The molecule has 0 bridgehead atoms. The summed E-state index contributed by atoms with van der Waals surface area (Å²) in [4.78, 5) is 16.3. The van der Waals surface area contributed by atoms with E-state index >= 15 is 0 Å². The fourth-order valence-electron chi connectivity index (χ4n) is 2.25. The second-order valence-corrected chi connectivity index (χ2v) is 7.98. The van der Waals surface area contributed by atoms with Gasteiger partial charge in [-0.2, -0.15) is 8.42 Å². The lowest BCUT2D eigenvalue weighted by Crippen LogP contribution is -2.22. The fraction of sp³-hybridized carbons (Fsp3) is 0.154. The first-order valence-corrected chi connectivity index (χ1v) is 9.22. The van der Waals surface area contributed by atoms with Crippen LogP contribution in [0.5, 0.6) is 5.88 Å². The van der Waals surface area contributed by atoms with Gasteiger partial charge in [0.15, 0.2) is 3.95 Å². The average Bonchev–Trinajstić information content (AvgIpc) is 2.92. The van der Waals surface area contributed by atoms with E-state index < -0.39 is 21.8 Å². The van der Waals surface area contributed by atoms with E-state index in [2.05, 4.69) is 4.99 Å². The third-order valence-electron chi connectivity index (χ3n) is 3.28. The van der Waals surface area contributed by atoms with Crippen molar-refractivity contribution in [3.05, 3.63) is 43.7 Å². The van der Waals surface area contributed by atoms with Crippen LogP contribution in [0, 0.1) is 3.95 Å². The molecule has 1 aliphatic heterocycles. The highest BCUT2D eigenvalue weighted by Gasteiger charge is 2.25. The van der Waals surface area contributed by atoms with Gasteiger partial charge in [0.25, 0.3) is 16.0 Å². The Morgan fingerprint density at radius 2 is 2.00 bits per heavy atom. The van der Waals surface area contributed by atoms with Gasteiger partial charge in [-0.3, -0.25) is 13.9 Å². The number of carbonyl (C=O) groups excluding carboxylic acids is 1. The van der Waals surface area contributed by atoms with E-state index in [1.54, 1.807) is 24.3 Å². The number of fused-ring (bicyclic) bond motifs is 1. The summed E-state index contributed by atoms with van der Waals surface area (Å²) in [6, 6.07) is 6.89. The number of aromatic hydroxyl groups is 1. The van der Waals surface area contributed by atoms with Crippen LogP contribution in [-0.2, 0) is 21.5 Å². The molecule has 2 N–H and O–H groups in total. The highest BCUT2D eigenvalue weighted by molar-refractivity contribution is 7.85.